The average molecular weight is 266 g/mol. The normalized spacial score (nSPS) is 17.3. The number of ether oxygens (including phenoxy) is 4. The van der Waals surface area contributed by atoms with E-state index in [1.54, 1.807) is 20.1 Å². The first-order valence-corrected chi connectivity index (χ1v) is 6.32. The van der Waals surface area contributed by atoms with Crippen molar-refractivity contribution in [1.82, 2.24) is 0 Å². The Kier molecular flexibility index (Phi) is 4.63. The molecule has 0 N–H and O–H groups in total. The predicted molar refractivity (Wildman–Crippen MR) is 68.3 cm³/mol. The molecule has 1 atom stereocenters. The van der Waals surface area contributed by atoms with E-state index in [4.69, 9.17) is 18.9 Å². The summed E-state index contributed by atoms with van der Waals surface area (Å²) < 4.78 is 20.8. The third-order valence-corrected chi connectivity index (χ3v) is 2.88. The molecule has 19 heavy (non-hydrogen) atoms. The van der Waals surface area contributed by atoms with E-state index in [0.717, 1.165) is 12.0 Å². The number of hydrogen-bond donors (Lipinski definition) is 0. The minimum atomic E-state index is -0.523. The number of carbonyl (C=O) groups is 1. The van der Waals surface area contributed by atoms with Crippen molar-refractivity contribution in [1.29, 1.82) is 0 Å². The second kappa shape index (κ2) is 6.43. The molecule has 0 aromatic heterocycles. The largest absolute Gasteiger partial charge is 0.478 e. The van der Waals surface area contributed by atoms with Crippen LogP contribution in [0, 0.1) is 0 Å². The first kappa shape index (κ1) is 13.7. The van der Waals surface area contributed by atoms with Crippen molar-refractivity contribution in [3.8, 4) is 11.5 Å². The van der Waals surface area contributed by atoms with Gasteiger partial charge in [-0.2, -0.15) is 0 Å². The van der Waals surface area contributed by atoms with Gasteiger partial charge >= 0.3 is 5.97 Å². The molecule has 2 rings (SSSR count). The van der Waals surface area contributed by atoms with Gasteiger partial charge in [-0.15, -0.1) is 0 Å². The predicted octanol–water partition coefficient (Wildman–Crippen LogP) is 1.93. The molecule has 104 valence electrons. The summed E-state index contributed by atoms with van der Waals surface area (Å²) in [5.41, 5.74) is 1.07. The molecular formula is C14H18O5. The molecule has 5 heteroatoms. The van der Waals surface area contributed by atoms with E-state index in [1.165, 1.54) is 0 Å². The van der Waals surface area contributed by atoms with Gasteiger partial charge in [0.05, 0.1) is 6.61 Å². The maximum Gasteiger partial charge on any atom is 0.347 e. The van der Waals surface area contributed by atoms with Crippen molar-refractivity contribution >= 4 is 5.97 Å². The number of fused-ring (bicyclic) bond motifs is 1. The molecule has 5 nitrogen and oxygen atoms in total. The fraction of sp³-hybridized carbons (Fsp3) is 0.500. The van der Waals surface area contributed by atoms with Crippen molar-refractivity contribution < 1.29 is 23.7 Å². The number of aryl methyl sites for hydroxylation is 1. The van der Waals surface area contributed by atoms with Crippen LogP contribution < -0.4 is 9.47 Å². The maximum atomic E-state index is 11.7. The summed E-state index contributed by atoms with van der Waals surface area (Å²) in [5.74, 6) is 1.03. The standard InChI is InChI=1S/C14H18O5/c1-3-17-14(15)12-7-5-10-4-6-11(18-9-16-2)8-13(10)19-12/h4,6,8,12H,3,5,7,9H2,1-2H3. The van der Waals surface area contributed by atoms with Crippen LogP contribution in [0.25, 0.3) is 0 Å². The van der Waals surface area contributed by atoms with Gasteiger partial charge in [-0.05, 0) is 31.4 Å². The molecule has 0 saturated heterocycles. The molecule has 0 aliphatic carbocycles. The van der Waals surface area contributed by atoms with Gasteiger partial charge in [-0.25, -0.2) is 4.79 Å². The van der Waals surface area contributed by atoms with Crippen molar-refractivity contribution in [3.63, 3.8) is 0 Å². The molecule has 1 aromatic carbocycles. The Hall–Kier alpha value is -1.75. The molecule has 1 heterocycles. The van der Waals surface area contributed by atoms with E-state index in [0.29, 0.717) is 24.5 Å². The summed E-state index contributed by atoms with van der Waals surface area (Å²) in [7, 11) is 1.56. The topological polar surface area (TPSA) is 54.0 Å². The number of carbonyl (C=O) groups excluding carboxylic acids is 1. The fourth-order valence-corrected chi connectivity index (χ4v) is 1.97. The molecular weight excluding hydrogens is 248 g/mol. The van der Waals surface area contributed by atoms with Gasteiger partial charge in [-0.1, -0.05) is 6.07 Å². The van der Waals surface area contributed by atoms with Crippen LogP contribution >= 0.6 is 0 Å². The lowest BCUT2D eigenvalue weighted by atomic mass is 10.0. The summed E-state index contributed by atoms with van der Waals surface area (Å²) in [5, 5.41) is 0. The van der Waals surface area contributed by atoms with Gasteiger partial charge in [0.25, 0.3) is 0 Å². The molecule has 1 aliphatic heterocycles. The third kappa shape index (κ3) is 3.38. The van der Waals surface area contributed by atoms with E-state index in [1.807, 2.05) is 12.1 Å². The minimum Gasteiger partial charge on any atom is -0.478 e. The maximum absolute atomic E-state index is 11.7. The van der Waals surface area contributed by atoms with E-state index < -0.39 is 6.10 Å². The highest BCUT2D eigenvalue weighted by atomic mass is 16.7. The van der Waals surface area contributed by atoms with E-state index in [2.05, 4.69) is 0 Å². The first-order chi connectivity index (χ1) is 9.24. The van der Waals surface area contributed by atoms with Crippen LogP contribution in [0.15, 0.2) is 18.2 Å². The zero-order valence-electron chi connectivity index (χ0n) is 11.2. The van der Waals surface area contributed by atoms with Crippen molar-refractivity contribution in [3.05, 3.63) is 23.8 Å². The van der Waals surface area contributed by atoms with Crippen LogP contribution in [-0.4, -0.2) is 32.6 Å². The van der Waals surface area contributed by atoms with Crippen LogP contribution in [0.4, 0.5) is 0 Å². The molecule has 1 aromatic rings. The molecule has 0 spiro atoms. The van der Waals surface area contributed by atoms with Gasteiger partial charge in [0.15, 0.2) is 12.9 Å². The van der Waals surface area contributed by atoms with Crippen LogP contribution in [0.5, 0.6) is 11.5 Å². The Morgan fingerprint density at radius 2 is 2.32 bits per heavy atom. The van der Waals surface area contributed by atoms with Gasteiger partial charge in [-0.3, -0.25) is 0 Å². The minimum absolute atomic E-state index is 0.181. The third-order valence-electron chi connectivity index (χ3n) is 2.88. The number of methoxy groups -OCH3 is 1. The monoisotopic (exact) mass is 266 g/mol. The van der Waals surface area contributed by atoms with Gasteiger partial charge in [0.1, 0.15) is 11.5 Å². The number of esters is 1. The highest BCUT2D eigenvalue weighted by Crippen LogP contribution is 2.31. The quantitative estimate of drug-likeness (QED) is 0.602. The molecule has 0 fully saturated rings. The Morgan fingerprint density at radius 3 is 3.05 bits per heavy atom. The first-order valence-electron chi connectivity index (χ1n) is 6.32. The van der Waals surface area contributed by atoms with E-state index >= 15 is 0 Å². The number of rotatable bonds is 5. The molecule has 0 amide bonds. The van der Waals surface area contributed by atoms with Crippen LogP contribution in [0.1, 0.15) is 18.9 Å². The SMILES string of the molecule is CCOC(=O)C1CCc2ccc(OCOC)cc2O1. The summed E-state index contributed by atoms with van der Waals surface area (Å²) in [6.45, 7) is 2.33. The average Bonchev–Trinajstić information content (AvgIpc) is 2.44. The molecule has 0 saturated carbocycles. The zero-order chi connectivity index (χ0) is 13.7. The fourth-order valence-electron chi connectivity index (χ4n) is 1.97. The highest BCUT2D eigenvalue weighted by molar-refractivity contribution is 5.75. The van der Waals surface area contributed by atoms with Gasteiger partial charge in [0, 0.05) is 13.2 Å². The van der Waals surface area contributed by atoms with Crippen molar-refractivity contribution in [2.45, 2.75) is 25.9 Å². The lowest BCUT2D eigenvalue weighted by Gasteiger charge is -2.24. The Morgan fingerprint density at radius 1 is 1.47 bits per heavy atom. The second-order valence-electron chi connectivity index (χ2n) is 4.22. The molecule has 1 aliphatic rings. The Labute approximate surface area is 112 Å². The second-order valence-corrected chi connectivity index (χ2v) is 4.22. The molecule has 0 bridgehead atoms. The summed E-state index contributed by atoms with van der Waals surface area (Å²) in [6, 6.07) is 5.59. The zero-order valence-corrected chi connectivity index (χ0v) is 11.2. The Balaban J connectivity index is 2.07. The summed E-state index contributed by atoms with van der Waals surface area (Å²) in [4.78, 5) is 11.7. The van der Waals surface area contributed by atoms with Gasteiger partial charge in [0.2, 0.25) is 0 Å². The summed E-state index contributed by atoms with van der Waals surface area (Å²) in [6.07, 6.45) is 0.915. The van der Waals surface area contributed by atoms with Crippen LogP contribution in [-0.2, 0) is 20.7 Å². The van der Waals surface area contributed by atoms with Crippen LogP contribution in [0.3, 0.4) is 0 Å². The number of hydrogen-bond acceptors (Lipinski definition) is 5. The molecule has 0 radical (unpaired) electrons. The lowest BCUT2D eigenvalue weighted by molar-refractivity contribution is -0.152. The van der Waals surface area contributed by atoms with Crippen molar-refractivity contribution in [2.75, 3.05) is 20.5 Å². The summed E-state index contributed by atoms with van der Waals surface area (Å²) >= 11 is 0. The molecule has 1 unspecified atom stereocenters. The Bertz CT molecular complexity index is 443. The van der Waals surface area contributed by atoms with Crippen molar-refractivity contribution in [2.24, 2.45) is 0 Å². The smallest absolute Gasteiger partial charge is 0.347 e. The van der Waals surface area contributed by atoms with Gasteiger partial charge < -0.3 is 18.9 Å². The van der Waals surface area contributed by atoms with E-state index in [9.17, 15) is 4.79 Å². The van der Waals surface area contributed by atoms with Crippen LogP contribution in [0.2, 0.25) is 0 Å². The lowest BCUT2D eigenvalue weighted by Crippen LogP contribution is -2.32. The number of benzene rings is 1. The van der Waals surface area contributed by atoms with E-state index in [-0.39, 0.29) is 12.8 Å². The highest BCUT2D eigenvalue weighted by Gasteiger charge is 2.27.